The fourth-order valence-corrected chi connectivity index (χ4v) is 2.57. The zero-order valence-corrected chi connectivity index (χ0v) is 18.6. The van der Waals surface area contributed by atoms with Crippen LogP contribution in [0.25, 0.3) is 0 Å². The van der Waals surface area contributed by atoms with Gasteiger partial charge in [-0.05, 0) is 24.1 Å². The van der Waals surface area contributed by atoms with E-state index in [9.17, 15) is 13.2 Å². The SMILES string of the molecule is CN=C(NCCc1ccccc1OC)NCc1ccccc1OCC(F)(F)F.I. The Kier molecular flexibility index (Phi) is 10.6. The zero-order chi connectivity index (χ0) is 20.4. The number of rotatable bonds is 8. The minimum absolute atomic E-state index is 0. The third-order valence-electron chi connectivity index (χ3n) is 3.91. The van der Waals surface area contributed by atoms with E-state index in [1.165, 1.54) is 6.07 Å². The molecule has 0 aliphatic rings. The molecule has 0 bridgehead atoms. The van der Waals surface area contributed by atoms with Crippen LogP contribution in [0.1, 0.15) is 11.1 Å². The molecule has 2 aromatic rings. The molecule has 0 aliphatic heterocycles. The van der Waals surface area contributed by atoms with Crippen LogP contribution in [-0.4, -0.2) is 39.4 Å². The molecule has 2 aromatic carbocycles. The van der Waals surface area contributed by atoms with Gasteiger partial charge in [-0.25, -0.2) is 0 Å². The summed E-state index contributed by atoms with van der Waals surface area (Å²) in [5.41, 5.74) is 1.68. The molecule has 0 aromatic heterocycles. The molecule has 5 nitrogen and oxygen atoms in total. The average molecular weight is 523 g/mol. The van der Waals surface area contributed by atoms with Crippen LogP contribution in [0.2, 0.25) is 0 Å². The number of para-hydroxylation sites is 2. The molecule has 0 unspecified atom stereocenters. The van der Waals surface area contributed by atoms with Gasteiger partial charge in [-0.2, -0.15) is 13.2 Å². The first-order valence-corrected chi connectivity index (χ1v) is 8.77. The van der Waals surface area contributed by atoms with Crippen LogP contribution in [0.15, 0.2) is 53.5 Å². The zero-order valence-electron chi connectivity index (χ0n) is 16.3. The number of methoxy groups -OCH3 is 1. The summed E-state index contributed by atoms with van der Waals surface area (Å²) in [5.74, 6) is 1.56. The van der Waals surface area contributed by atoms with E-state index >= 15 is 0 Å². The van der Waals surface area contributed by atoms with Crippen LogP contribution < -0.4 is 20.1 Å². The van der Waals surface area contributed by atoms with E-state index in [2.05, 4.69) is 15.6 Å². The number of alkyl halides is 3. The number of nitrogens with one attached hydrogen (secondary N) is 2. The van der Waals surface area contributed by atoms with E-state index in [4.69, 9.17) is 9.47 Å². The van der Waals surface area contributed by atoms with Crippen molar-refractivity contribution in [2.45, 2.75) is 19.1 Å². The lowest BCUT2D eigenvalue weighted by atomic mass is 10.1. The van der Waals surface area contributed by atoms with Crippen LogP contribution in [0.5, 0.6) is 11.5 Å². The number of aliphatic imine (C=N–C) groups is 1. The van der Waals surface area contributed by atoms with E-state index in [0.29, 0.717) is 18.1 Å². The fraction of sp³-hybridized carbons (Fsp3) is 0.350. The summed E-state index contributed by atoms with van der Waals surface area (Å²) in [7, 11) is 3.26. The van der Waals surface area contributed by atoms with Gasteiger partial charge in [0.1, 0.15) is 11.5 Å². The Morgan fingerprint density at radius 3 is 2.21 bits per heavy atom. The molecule has 0 amide bonds. The number of hydrogen-bond donors (Lipinski definition) is 2. The lowest BCUT2D eigenvalue weighted by Gasteiger charge is -2.16. The summed E-state index contributed by atoms with van der Waals surface area (Å²) in [6.45, 7) is -0.426. The molecule has 9 heteroatoms. The second kappa shape index (κ2) is 12.4. The van der Waals surface area contributed by atoms with Gasteiger partial charge in [0, 0.05) is 25.7 Å². The largest absolute Gasteiger partial charge is 0.496 e. The number of guanidine groups is 1. The van der Waals surface area contributed by atoms with Gasteiger partial charge in [-0.3, -0.25) is 4.99 Å². The highest BCUT2D eigenvalue weighted by Crippen LogP contribution is 2.22. The normalized spacial score (nSPS) is 11.4. The van der Waals surface area contributed by atoms with Crippen molar-refractivity contribution in [1.29, 1.82) is 0 Å². The molecular weight excluding hydrogens is 498 g/mol. The minimum Gasteiger partial charge on any atom is -0.496 e. The molecule has 0 heterocycles. The van der Waals surface area contributed by atoms with Crippen LogP contribution in [0.3, 0.4) is 0 Å². The third-order valence-corrected chi connectivity index (χ3v) is 3.91. The van der Waals surface area contributed by atoms with E-state index in [1.807, 2.05) is 24.3 Å². The molecule has 0 atom stereocenters. The third kappa shape index (κ3) is 8.80. The highest BCUT2D eigenvalue weighted by Gasteiger charge is 2.28. The van der Waals surface area contributed by atoms with E-state index in [0.717, 1.165) is 17.7 Å². The molecule has 160 valence electrons. The van der Waals surface area contributed by atoms with E-state index in [1.54, 1.807) is 32.4 Å². The predicted molar refractivity (Wildman–Crippen MR) is 118 cm³/mol. The predicted octanol–water partition coefficient (Wildman–Crippen LogP) is 4.16. The van der Waals surface area contributed by atoms with E-state index < -0.39 is 12.8 Å². The molecule has 0 fully saturated rings. The van der Waals surface area contributed by atoms with Gasteiger partial charge in [-0.1, -0.05) is 36.4 Å². The maximum absolute atomic E-state index is 12.4. The maximum atomic E-state index is 12.4. The molecule has 0 spiro atoms. The van der Waals surface area contributed by atoms with Gasteiger partial charge in [0.2, 0.25) is 0 Å². The Balaban J connectivity index is 0.00000420. The van der Waals surface area contributed by atoms with Crippen molar-refractivity contribution in [3.63, 3.8) is 0 Å². The average Bonchev–Trinajstić information content (AvgIpc) is 2.69. The van der Waals surface area contributed by atoms with Crippen molar-refractivity contribution in [2.75, 3.05) is 27.3 Å². The number of hydrogen-bond acceptors (Lipinski definition) is 3. The number of nitrogens with zero attached hydrogens (tertiary/aromatic N) is 1. The van der Waals surface area contributed by atoms with Crippen molar-refractivity contribution in [1.82, 2.24) is 10.6 Å². The molecule has 0 radical (unpaired) electrons. The van der Waals surface area contributed by atoms with Crippen molar-refractivity contribution in [3.8, 4) is 11.5 Å². The molecule has 0 aliphatic carbocycles. The first-order valence-electron chi connectivity index (χ1n) is 8.77. The second-order valence-corrected chi connectivity index (χ2v) is 5.93. The fourth-order valence-electron chi connectivity index (χ4n) is 2.57. The molecule has 0 saturated carbocycles. The van der Waals surface area contributed by atoms with Crippen molar-refractivity contribution < 1.29 is 22.6 Å². The minimum atomic E-state index is -4.38. The lowest BCUT2D eigenvalue weighted by molar-refractivity contribution is -0.153. The highest BCUT2D eigenvalue weighted by atomic mass is 127. The van der Waals surface area contributed by atoms with Gasteiger partial charge in [0.15, 0.2) is 12.6 Å². The summed E-state index contributed by atoms with van der Waals surface area (Å²) in [5, 5.41) is 6.26. The van der Waals surface area contributed by atoms with Gasteiger partial charge in [0.25, 0.3) is 0 Å². The van der Waals surface area contributed by atoms with Crippen LogP contribution in [0.4, 0.5) is 13.2 Å². The standard InChI is InChI=1S/C20H24F3N3O2.HI/c1-24-19(25-12-11-15-7-3-5-9-17(15)27-2)26-13-16-8-4-6-10-18(16)28-14-20(21,22)23;/h3-10H,11-14H2,1-2H3,(H2,24,25,26);1H. The molecular formula is C20H25F3IN3O2. The lowest BCUT2D eigenvalue weighted by Crippen LogP contribution is -2.38. The van der Waals surface area contributed by atoms with E-state index in [-0.39, 0.29) is 36.3 Å². The summed E-state index contributed by atoms with van der Waals surface area (Å²) >= 11 is 0. The second-order valence-electron chi connectivity index (χ2n) is 5.93. The van der Waals surface area contributed by atoms with Crippen LogP contribution >= 0.6 is 24.0 Å². The van der Waals surface area contributed by atoms with Crippen LogP contribution in [-0.2, 0) is 13.0 Å². The number of ether oxygens (including phenoxy) is 2. The molecule has 29 heavy (non-hydrogen) atoms. The van der Waals surface area contributed by atoms with Crippen molar-refractivity contribution >= 4 is 29.9 Å². The van der Waals surface area contributed by atoms with Gasteiger partial charge >= 0.3 is 6.18 Å². The smallest absolute Gasteiger partial charge is 0.422 e. The topological polar surface area (TPSA) is 54.9 Å². The summed E-state index contributed by atoms with van der Waals surface area (Å²) < 4.78 is 47.4. The Morgan fingerprint density at radius 2 is 1.59 bits per heavy atom. The maximum Gasteiger partial charge on any atom is 0.422 e. The van der Waals surface area contributed by atoms with Crippen LogP contribution in [0, 0.1) is 0 Å². The summed E-state index contributed by atoms with van der Waals surface area (Å²) in [4.78, 5) is 4.13. The van der Waals surface area contributed by atoms with Crippen molar-refractivity contribution in [2.24, 2.45) is 4.99 Å². The first kappa shape index (κ1) is 24.9. The summed E-state index contributed by atoms with van der Waals surface area (Å²) in [6, 6.07) is 14.4. The highest BCUT2D eigenvalue weighted by molar-refractivity contribution is 14.0. The van der Waals surface area contributed by atoms with Gasteiger partial charge in [-0.15, -0.1) is 24.0 Å². The molecule has 2 N–H and O–H groups in total. The molecule has 0 saturated heterocycles. The van der Waals surface area contributed by atoms with Gasteiger partial charge < -0.3 is 20.1 Å². The number of benzene rings is 2. The monoisotopic (exact) mass is 523 g/mol. The molecule has 2 rings (SSSR count). The quantitative estimate of drug-likeness (QED) is 0.310. The summed E-state index contributed by atoms with van der Waals surface area (Å²) in [6.07, 6.45) is -3.65. The Labute approximate surface area is 185 Å². The Morgan fingerprint density at radius 1 is 0.966 bits per heavy atom. The first-order chi connectivity index (χ1) is 13.4. The van der Waals surface area contributed by atoms with Crippen molar-refractivity contribution in [3.05, 3.63) is 59.7 Å². The Hall–Kier alpha value is -2.17. The van der Waals surface area contributed by atoms with Gasteiger partial charge in [0.05, 0.1) is 7.11 Å². The number of halogens is 4. The Bertz CT molecular complexity index is 786.